The number of methoxy groups -OCH3 is 1. The van der Waals surface area contributed by atoms with Gasteiger partial charge in [0.25, 0.3) is 5.56 Å². The highest BCUT2D eigenvalue weighted by Crippen LogP contribution is 2.34. The minimum absolute atomic E-state index is 0.0178. The summed E-state index contributed by atoms with van der Waals surface area (Å²) in [7, 11) is 1.64. The number of likely N-dealkylation sites (N-methyl/N-ethyl adjacent to an activating group) is 1. The number of thioether (sulfide) groups is 1. The number of ether oxygens (including phenoxy) is 1. The smallest absolute Gasteiger partial charge is 0.267 e. The molecule has 1 aliphatic heterocycles. The van der Waals surface area contributed by atoms with Crippen molar-refractivity contribution in [2.24, 2.45) is 0 Å². The van der Waals surface area contributed by atoms with Gasteiger partial charge >= 0.3 is 0 Å². The van der Waals surface area contributed by atoms with Gasteiger partial charge in [0.15, 0.2) is 5.16 Å². The zero-order valence-electron chi connectivity index (χ0n) is 16.1. The van der Waals surface area contributed by atoms with Crippen LogP contribution in [-0.4, -0.2) is 40.4 Å². The Morgan fingerprint density at radius 1 is 1.36 bits per heavy atom. The van der Waals surface area contributed by atoms with Crippen molar-refractivity contribution in [2.45, 2.75) is 25.0 Å². The molecule has 0 fully saturated rings. The third kappa shape index (κ3) is 3.38. The molecule has 0 radical (unpaired) electrons. The van der Waals surface area contributed by atoms with Gasteiger partial charge in [-0.25, -0.2) is 4.98 Å². The summed E-state index contributed by atoms with van der Waals surface area (Å²) in [5.41, 5.74) is 2.01. The molecule has 0 N–H and O–H groups in total. The monoisotopic (exact) mass is 413 g/mol. The molecule has 0 saturated heterocycles. The number of thiophene rings is 1. The van der Waals surface area contributed by atoms with E-state index in [1.54, 1.807) is 23.0 Å². The molecule has 0 saturated carbocycles. The van der Waals surface area contributed by atoms with Gasteiger partial charge in [-0.2, -0.15) is 0 Å². The van der Waals surface area contributed by atoms with E-state index >= 15 is 0 Å². The molecule has 0 spiro atoms. The second kappa shape index (κ2) is 8.11. The average Bonchev–Trinajstić information content (AvgIpc) is 3.10. The highest BCUT2D eigenvalue weighted by atomic mass is 32.2. The predicted octanol–water partition coefficient (Wildman–Crippen LogP) is 4.11. The minimum Gasteiger partial charge on any atom is -0.497 e. The largest absolute Gasteiger partial charge is 0.497 e. The number of aromatic nitrogens is 2. The van der Waals surface area contributed by atoms with E-state index in [2.05, 4.69) is 18.4 Å². The number of fused-ring (bicyclic) bond motifs is 3. The molecule has 0 aliphatic carbocycles. The van der Waals surface area contributed by atoms with Crippen molar-refractivity contribution in [2.75, 3.05) is 26.0 Å². The SMILES string of the molecule is C=CCSc1nc2sc3c(c2c(=O)n1-c1ccc(OC)cc1)CCN(CC)C3. The number of nitrogens with zero attached hydrogens (tertiary/aromatic N) is 3. The van der Waals surface area contributed by atoms with Gasteiger partial charge in [0, 0.05) is 23.7 Å². The molecule has 0 atom stereocenters. The topological polar surface area (TPSA) is 47.4 Å². The average molecular weight is 414 g/mol. The fraction of sp³-hybridized carbons (Fsp3) is 0.333. The van der Waals surface area contributed by atoms with Gasteiger partial charge in [-0.3, -0.25) is 14.3 Å². The Labute approximate surface area is 172 Å². The fourth-order valence-corrected chi connectivity index (χ4v) is 5.59. The highest BCUT2D eigenvalue weighted by molar-refractivity contribution is 7.99. The lowest BCUT2D eigenvalue weighted by atomic mass is 10.1. The second-order valence-corrected chi connectivity index (χ2v) is 8.71. The molecule has 5 nitrogen and oxygen atoms in total. The molecular weight excluding hydrogens is 390 g/mol. The van der Waals surface area contributed by atoms with Crippen LogP contribution in [0, 0.1) is 0 Å². The maximum atomic E-state index is 13.6. The molecule has 3 heterocycles. The number of benzene rings is 1. The van der Waals surface area contributed by atoms with E-state index in [0.717, 1.165) is 47.7 Å². The first-order chi connectivity index (χ1) is 13.7. The Bertz CT molecular complexity index is 1070. The van der Waals surface area contributed by atoms with Crippen LogP contribution in [0.1, 0.15) is 17.4 Å². The van der Waals surface area contributed by atoms with E-state index in [0.29, 0.717) is 10.9 Å². The van der Waals surface area contributed by atoms with Crippen LogP contribution in [0.5, 0.6) is 5.75 Å². The second-order valence-electron chi connectivity index (χ2n) is 6.64. The molecule has 7 heteroatoms. The van der Waals surface area contributed by atoms with Crippen LogP contribution in [0.25, 0.3) is 15.9 Å². The van der Waals surface area contributed by atoms with Crippen molar-refractivity contribution >= 4 is 33.3 Å². The lowest BCUT2D eigenvalue weighted by Crippen LogP contribution is -2.30. The van der Waals surface area contributed by atoms with Crippen molar-refractivity contribution in [1.29, 1.82) is 0 Å². The van der Waals surface area contributed by atoms with Gasteiger partial charge in [0.2, 0.25) is 0 Å². The lowest BCUT2D eigenvalue weighted by molar-refractivity contribution is 0.272. The van der Waals surface area contributed by atoms with Crippen LogP contribution in [0.2, 0.25) is 0 Å². The Hall–Kier alpha value is -2.09. The summed E-state index contributed by atoms with van der Waals surface area (Å²) in [6.45, 7) is 8.90. The van der Waals surface area contributed by atoms with E-state index in [9.17, 15) is 4.79 Å². The quantitative estimate of drug-likeness (QED) is 0.346. The molecule has 4 rings (SSSR count). The van der Waals surface area contributed by atoms with E-state index in [4.69, 9.17) is 9.72 Å². The first-order valence-electron chi connectivity index (χ1n) is 9.34. The minimum atomic E-state index is 0.0178. The zero-order valence-corrected chi connectivity index (χ0v) is 17.7. The van der Waals surface area contributed by atoms with Crippen LogP contribution < -0.4 is 10.3 Å². The van der Waals surface area contributed by atoms with Gasteiger partial charge in [0.05, 0.1) is 18.2 Å². The summed E-state index contributed by atoms with van der Waals surface area (Å²) >= 11 is 3.20. The molecule has 28 heavy (non-hydrogen) atoms. The van der Waals surface area contributed by atoms with Gasteiger partial charge in [-0.1, -0.05) is 24.8 Å². The summed E-state index contributed by atoms with van der Waals surface area (Å²) in [5, 5.41) is 1.49. The Morgan fingerprint density at radius 2 is 2.14 bits per heavy atom. The van der Waals surface area contributed by atoms with Crippen LogP contribution in [0.15, 0.2) is 46.9 Å². The standard InChI is InChI=1S/C21H23N3O2S2/c1-4-12-27-21-22-19-18(16-10-11-23(5-2)13-17(16)28-19)20(25)24(21)14-6-8-15(26-3)9-7-14/h4,6-9H,1,5,10-13H2,2-3H3. The molecule has 0 bridgehead atoms. The summed E-state index contributed by atoms with van der Waals surface area (Å²) in [4.78, 5) is 23.0. The lowest BCUT2D eigenvalue weighted by Gasteiger charge is -2.25. The third-order valence-electron chi connectivity index (χ3n) is 5.03. The van der Waals surface area contributed by atoms with Crippen molar-refractivity contribution < 1.29 is 4.74 Å². The van der Waals surface area contributed by atoms with Crippen LogP contribution in [0.3, 0.4) is 0 Å². The molecule has 3 aromatic rings. The van der Waals surface area contributed by atoms with Crippen molar-refractivity contribution in [3.05, 3.63) is 57.7 Å². The van der Waals surface area contributed by atoms with Gasteiger partial charge in [-0.05, 0) is 42.8 Å². The Balaban J connectivity index is 1.92. The number of hydrogen-bond donors (Lipinski definition) is 0. The van der Waals surface area contributed by atoms with E-state index in [-0.39, 0.29) is 5.56 Å². The summed E-state index contributed by atoms with van der Waals surface area (Å²) in [5.74, 6) is 1.46. The van der Waals surface area contributed by atoms with Crippen molar-refractivity contribution in [3.8, 4) is 11.4 Å². The predicted molar refractivity (Wildman–Crippen MR) is 117 cm³/mol. The maximum Gasteiger partial charge on any atom is 0.267 e. The first kappa shape index (κ1) is 19.2. The Kier molecular flexibility index (Phi) is 5.57. The molecule has 0 amide bonds. The molecule has 1 aromatic carbocycles. The molecular formula is C21H23N3O2S2. The van der Waals surface area contributed by atoms with E-state index in [1.165, 1.54) is 22.2 Å². The van der Waals surface area contributed by atoms with Gasteiger partial charge < -0.3 is 4.74 Å². The summed E-state index contributed by atoms with van der Waals surface area (Å²) in [6.07, 6.45) is 2.74. The van der Waals surface area contributed by atoms with Crippen LogP contribution in [0.4, 0.5) is 0 Å². The maximum absolute atomic E-state index is 13.6. The fourth-order valence-electron chi connectivity index (χ4n) is 3.54. The van der Waals surface area contributed by atoms with Crippen LogP contribution in [-0.2, 0) is 13.0 Å². The highest BCUT2D eigenvalue weighted by Gasteiger charge is 2.25. The molecule has 0 unspecified atom stereocenters. The van der Waals surface area contributed by atoms with E-state index < -0.39 is 0 Å². The molecule has 2 aromatic heterocycles. The first-order valence-corrected chi connectivity index (χ1v) is 11.1. The van der Waals surface area contributed by atoms with Gasteiger partial charge in [0.1, 0.15) is 10.6 Å². The third-order valence-corrected chi connectivity index (χ3v) is 7.08. The van der Waals surface area contributed by atoms with Crippen molar-refractivity contribution in [1.82, 2.24) is 14.5 Å². The van der Waals surface area contributed by atoms with Crippen LogP contribution >= 0.6 is 23.1 Å². The summed E-state index contributed by atoms with van der Waals surface area (Å²) < 4.78 is 6.99. The number of rotatable bonds is 6. The van der Waals surface area contributed by atoms with E-state index in [1.807, 2.05) is 30.3 Å². The Morgan fingerprint density at radius 3 is 2.82 bits per heavy atom. The summed E-state index contributed by atoms with van der Waals surface area (Å²) in [6, 6.07) is 7.55. The van der Waals surface area contributed by atoms with Gasteiger partial charge in [-0.15, -0.1) is 17.9 Å². The molecule has 146 valence electrons. The normalized spacial score (nSPS) is 14.2. The zero-order chi connectivity index (χ0) is 19.7. The number of hydrogen-bond acceptors (Lipinski definition) is 6. The molecule has 1 aliphatic rings. The van der Waals surface area contributed by atoms with Crippen molar-refractivity contribution in [3.63, 3.8) is 0 Å².